The number of allylic oxidation sites excluding steroid dienone is 4. The van der Waals surface area contributed by atoms with Gasteiger partial charge in [-0.3, -0.25) is 4.79 Å². The van der Waals surface area contributed by atoms with E-state index in [1.807, 2.05) is 13.0 Å². The van der Waals surface area contributed by atoms with Crippen LogP contribution in [0.5, 0.6) is 0 Å². The number of hydrogen-bond donors (Lipinski definition) is 0. The molecule has 2 rings (SSSR count). The Kier molecular flexibility index (Phi) is 8.91. The van der Waals surface area contributed by atoms with E-state index in [0.29, 0.717) is 11.8 Å². The first kappa shape index (κ1) is 25.3. The Morgan fingerprint density at radius 3 is 2.27 bits per heavy atom. The fourth-order valence-electron chi connectivity index (χ4n) is 5.78. The molecule has 0 amide bonds. The van der Waals surface area contributed by atoms with Gasteiger partial charge < -0.3 is 14.2 Å². The fraction of sp³-hybridized carbons (Fsp3) is 0.808. The Morgan fingerprint density at radius 1 is 1.07 bits per heavy atom. The predicted molar refractivity (Wildman–Crippen MR) is 122 cm³/mol. The molecule has 2 aliphatic rings. The third-order valence-electron chi connectivity index (χ3n) is 7.86. The van der Waals surface area contributed by atoms with Crippen LogP contribution in [0.1, 0.15) is 80.1 Å². The van der Waals surface area contributed by atoms with Crippen molar-refractivity contribution >= 4 is 5.78 Å². The van der Waals surface area contributed by atoms with Crippen LogP contribution in [0.25, 0.3) is 0 Å². The summed E-state index contributed by atoms with van der Waals surface area (Å²) >= 11 is 0. The molecule has 4 atom stereocenters. The number of ketones is 1. The topological polar surface area (TPSA) is 44.8 Å². The lowest BCUT2D eigenvalue weighted by molar-refractivity contribution is -0.157. The zero-order valence-electron chi connectivity index (χ0n) is 20.5. The highest BCUT2D eigenvalue weighted by atomic mass is 16.7. The number of rotatable bonds is 10. The maximum atomic E-state index is 12.9. The fourth-order valence-corrected chi connectivity index (χ4v) is 5.78. The Bertz CT molecular complexity index is 643. The van der Waals surface area contributed by atoms with Gasteiger partial charge in [0, 0.05) is 32.7 Å². The van der Waals surface area contributed by atoms with Crippen LogP contribution in [0.4, 0.5) is 0 Å². The molecule has 0 aliphatic heterocycles. The molecular formula is C26H44O4. The van der Waals surface area contributed by atoms with Gasteiger partial charge in [-0.05, 0) is 69.8 Å². The summed E-state index contributed by atoms with van der Waals surface area (Å²) in [6.07, 6.45) is 10.5. The maximum Gasteiger partial charge on any atom is 0.168 e. The molecule has 0 aromatic rings. The average Bonchev–Trinajstić information content (AvgIpc) is 2.70. The summed E-state index contributed by atoms with van der Waals surface area (Å²) in [5.74, 6) is 1.21. The highest BCUT2D eigenvalue weighted by Crippen LogP contribution is 2.54. The summed E-state index contributed by atoms with van der Waals surface area (Å²) in [6.45, 7) is 13.6. The van der Waals surface area contributed by atoms with Crippen molar-refractivity contribution in [1.82, 2.24) is 0 Å². The van der Waals surface area contributed by atoms with Crippen molar-refractivity contribution in [1.29, 1.82) is 0 Å². The third-order valence-corrected chi connectivity index (χ3v) is 7.86. The molecule has 0 radical (unpaired) electrons. The van der Waals surface area contributed by atoms with Crippen LogP contribution in [-0.4, -0.2) is 39.0 Å². The minimum Gasteiger partial charge on any atom is -0.378 e. The quantitative estimate of drug-likeness (QED) is 0.400. The molecule has 1 fully saturated rings. The van der Waals surface area contributed by atoms with Crippen molar-refractivity contribution in [3.63, 3.8) is 0 Å². The summed E-state index contributed by atoms with van der Waals surface area (Å²) < 4.78 is 17.5. The Hall–Kier alpha value is -0.970. The van der Waals surface area contributed by atoms with Gasteiger partial charge in [-0.15, -0.1) is 0 Å². The standard InChI is InChI=1S/C26H44O4/c1-9-11-20-15-22(30-10-2)16-21(26(20,6)17-23(28-7)29-8)14-19-13-12-18(3)24(27)25(19,4)5/h12-13,20-23H,9-11,14-17H2,1-8H3/t20?,21?,22-,26?/m1/s1. The molecule has 0 heterocycles. The smallest absolute Gasteiger partial charge is 0.168 e. The van der Waals surface area contributed by atoms with Crippen LogP contribution >= 0.6 is 0 Å². The van der Waals surface area contributed by atoms with Crippen molar-refractivity contribution in [3.8, 4) is 0 Å². The number of carbonyl (C=O) groups is 1. The molecule has 0 saturated heterocycles. The first-order valence-electron chi connectivity index (χ1n) is 11.7. The zero-order chi connectivity index (χ0) is 22.5. The number of carbonyl (C=O) groups excluding carboxylic acids is 1. The first-order chi connectivity index (χ1) is 14.1. The third kappa shape index (κ3) is 5.26. The molecule has 0 aromatic heterocycles. The highest BCUT2D eigenvalue weighted by Gasteiger charge is 2.49. The SMILES string of the molecule is CCCC1C[C@@H](OCC)CC(CC2=CC=C(C)C(=O)C2(C)C)C1(C)CC(OC)OC. The summed E-state index contributed by atoms with van der Waals surface area (Å²) in [5, 5.41) is 0. The predicted octanol–water partition coefficient (Wildman–Crippen LogP) is 6.10. The summed E-state index contributed by atoms with van der Waals surface area (Å²) in [6, 6.07) is 0. The molecule has 0 aromatic carbocycles. The lowest BCUT2D eigenvalue weighted by Gasteiger charge is -2.52. The van der Waals surface area contributed by atoms with Crippen LogP contribution in [-0.2, 0) is 19.0 Å². The monoisotopic (exact) mass is 420 g/mol. The minimum atomic E-state index is -0.444. The minimum absolute atomic E-state index is 0.0659. The van der Waals surface area contributed by atoms with Crippen LogP contribution < -0.4 is 0 Å². The molecule has 0 N–H and O–H groups in total. The van der Waals surface area contributed by atoms with Crippen LogP contribution in [0, 0.1) is 22.7 Å². The summed E-state index contributed by atoms with van der Waals surface area (Å²) in [5.41, 5.74) is 1.72. The van der Waals surface area contributed by atoms with E-state index in [1.165, 1.54) is 12.0 Å². The van der Waals surface area contributed by atoms with Crippen molar-refractivity contribution in [3.05, 3.63) is 23.3 Å². The molecule has 1 saturated carbocycles. The Morgan fingerprint density at radius 2 is 1.70 bits per heavy atom. The maximum absolute atomic E-state index is 12.9. The lowest BCUT2D eigenvalue weighted by atomic mass is 9.55. The van der Waals surface area contributed by atoms with Gasteiger partial charge in [-0.1, -0.05) is 44.4 Å². The van der Waals surface area contributed by atoms with Crippen molar-refractivity contribution in [2.75, 3.05) is 20.8 Å². The van der Waals surface area contributed by atoms with E-state index in [9.17, 15) is 4.79 Å². The molecule has 30 heavy (non-hydrogen) atoms. The number of hydrogen-bond acceptors (Lipinski definition) is 4. The molecule has 0 spiro atoms. The van der Waals surface area contributed by atoms with E-state index in [2.05, 4.69) is 40.7 Å². The lowest BCUT2D eigenvalue weighted by Crippen LogP contribution is -2.47. The molecule has 3 unspecified atom stereocenters. The second kappa shape index (κ2) is 10.6. The Labute approximate surface area is 184 Å². The van der Waals surface area contributed by atoms with E-state index < -0.39 is 5.41 Å². The normalized spacial score (nSPS) is 31.6. The number of methoxy groups -OCH3 is 2. The van der Waals surface area contributed by atoms with E-state index >= 15 is 0 Å². The zero-order valence-corrected chi connectivity index (χ0v) is 20.5. The first-order valence-corrected chi connectivity index (χ1v) is 11.7. The molecule has 4 nitrogen and oxygen atoms in total. The van der Waals surface area contributed by atoms with Crippen LogP contribution in [0.15, 0.2) is 23.3 Å². The summed E-state index contributed by atoms with van der Waals surface area (Å²) in [4.78, 5) is 12.9. The molecule has 0 bridgehead atoms. The van der Waals surface area contributed by atoms with Crippen LogP contribution in [0.3, 0.4) is 0 Å². The van der Waals surface area contributed by atoms with Gasteiger partial charge in [0.1, 0.15) is 0 Å². The van der Waals surface area contributed by atoms with Gasteiger partial charge in [-0.25, -0.2) is 0 Å². The molecule has 172 valence electrons. The molecule has 2 aliphatic carbocycles. The summed E-state index contributed by atoms with van der Waals surface area (Å²) in [7, 11) is 3.46. The van der Waals surface area contributed by atoms with Gasteiger partial charge in [0.25, 0.3) is 0 Å². The van der Waals surface area contributed by atoms with E-state index in [1.54, 1.807) is 14.2 Å². The van der Waals surface area contributed by atoms with E-state index in [0.717, 1.165) is 44.3 Å². The second-order valence-corrected chi connectivity index (χ2v) is 10.0. The van der Waals surface area contributed by atoms with Gasteiger partial charge in [-0.2, -0.15) is 0 Å². The Balaban J connectivity index is 2.42. The second-order valence-electron chi connectivity index (χ2n) is 10.0. The van der Waals surface area contributed by atoms with Gasteiger partial charge >= 0.3 is 0 Å². The van der Waals surface area contributed by atoms with Crippen LogP contribution in [0.2, 0.25) is 0 Å². The largest absolute Gasteiger partial charge is 0.378 e. The van der Waals surface area contributed by atoms with Gasteiger partial charge in [0.2, 0.25) is 0 Å². The number of ether oxygens (including phenoxy) is 3. The molecular weight excluding hydrogens is 376 g/mol. The van der Waals surface area contributed by atoms with E-state index in [4.69, 9.17) is 14.2 Å². The van der Waals surface area contributed by atoms with Gasteiger partial charge in [0.15, 0.2) is 12.1 Å². The van der Waals surface area contributed by atoms with Gasteiger partial charge in [0.05, 0.1) is 6.10 Å². The average molecular weight is 421 g/mol. The molecule has 4 heteroatoms. The van der Waals surface area contributed by atoms with Crippen molar-refractivity contribution in [2.45, 2.75) is 92.5 Å². The number of Topliss-reactive ketones (excluding diaryl/α,β-unsaturated/α-hetero) is 1. The highest BCUT2D eigenvalue weighted by molar-refractivity contribution is 6.02. The van der Waals surface area contributed by atoms with Crippen molar-refractivity contribution < 1.29 is 19.0 Å². The van der Waals surface area contributed by atoms with E-state index in [-0.39, 0.29) is 23.6 Å². The van der Waals surface area contributed by atoms with Crippen molar-refractivity contribution in [2.24, 2.45) is 22.7 Å².